The Morgan fingerprint density at radius 1 is 1.19 bits per heavy atom. The number of amides is 1. The molecule has 176 valence electrons. The number of hydrogen-bond acceptors (Lipinski definition) is 3. The van der Waals surface area contributed by atoms with Crippen molar-refractivity contribution in [1.82, 2.24) is 5.32 Å². The quantitative estimate of drug-likeness (QED) is 0.580. The van der Waals surface area contributed by atoms with E-state index in [1.54, 1.807) is 13.0 Å². The van der Waals surface area contributed by atoms with E-state index in [9.17, 15) is 22.8 Å². The maximum Gasteiger partial charge on any atom is 0.416 e. The van der Waals surface area contributed by atoms with Crippen molar-refractivity contribution >= 4 is 11.9 Å². The SMILES string of the molecule is CCC1CCCCC2(CCC1)OC(=O)C(C)=C2C(=O)NCCc1cccc(C(F)(F)F)c1. The van der Waals surface area contributed by atoms with Crippen LogP contribution in [-0.4, -0.2) is 24.0 Å². The molecule has 1 aliphatic carbocycles. The Labute approximate surface area is 187 Å². The Balaban J connectivity index is 1.69. The van der Waals surface area contributed by atoms with Gasteiger partial charge in [-0.3, -0.25) is 4.79 Å². The van der Waals surface area contributed by atoms with Gasteiger partial charge in [0, 0.05) is 12.1 Å². The lowest BCUT2D eigenvalue weighted by atomic mass is 9.82. The third-order valence-electron chi connectivity index (χ3n) is 6.82. The van der Waals surface area contributed by atoms with Crippen molar-refractivity contribution in [2.45, 2.75) is 83.4 Å². The number of benzene rings is 1. The highest BCUT2D eigenvalue weighted by Gasteiger charge is 2.48. The number of ether oxygens (including phenoxy) is 1. The summed E-state index contributed by atoms with van der Waals surface area (Å²) in [5, 5.41) is 2.82. The molecule has 1 aromatic carbocycles. The van der Waals surface area contributed by atoms with Gasteiger partial charge in [-0.05, 0) is 56.6 Å². The standard InChI is InChI=1S/C25H32F3NO3/c1-3-18-8-4-5-13-24(14-7-10-18)21(17(2)23(31)32-24)22(30)29-15-12-19-9-6-11-20(16-19)25(26,27)28/h6,9,11,16,18H,3-5,7-8,10,12-15H2,1-2H3,(H,29,30). The first-order valence-electron chi connectivity index (χ1n) is 11.6. The van der Waals surface area contributed by atoms with E-state index in [1.807, 2.05) is 0 Å². The predicted molar refractivity (Wildman–Crippen MR) is 116 cm³/mol. The van der Waals surface area contributed by atoms with Crippen LogP contribution in [-0.2, 0) is 26.9 Å². The molecule has 0 radical (unpaired) electrons. The number of halogens is 3. The summed E-state index contributed by atoms with van der Waals surface area (Å²) in [5.74, 6) is -0.136. The molecule has 1 heterocycles. The first-order valence-corrected chi connectivity index (χ1v) is 11.6. The van der Waals surface area contributed by atoms with Crippen LogP contribution in [0.4, 0.5) is 13.2 Å². The Morgan fingerprint density at radius 2 is 1.91 bits per heavy atom. The zero-order chi connectivity index (χ0) is 23.4. The second kappa shape index (κ2) is 10.1. The van der Waals surface area contributed by atoms with Gasteiger partial charge in [0.05, 0.1) is 11.1 Å². The highest BCUT2D eigenvalue weighted by molar-refractivity contribution is 6.07. The van der Waals surface area contributed by atoms with Crippen LogP contribution in [0.1, 0.15) is 76.3 Å². The fourth-order valence-corrected chi connectivity index (χ4v) is 4.99. The van der Waals surface area contributed by atoms with Gasteiger partial charge in [-0.1, -0.05) is 50.8 Å². The Hall–Kier alpha value is -2.31. The zero-order valence-corrected chi connectivity index (χ0v) is 18.8. The van der Waals surface area contributed by atoms with E-state index in [-0.39, 0.29) is 18.9 Å². The van der Waals surface area contributed by atoms with E-state index in [0.29, 0.717) is 35.5 Å². The van der Waals surface area contributed by atoms with Crippen LogP contribution in [0, 0.1) is 5.92 Å². The lowest BCUT2D eigenvalue weighted by molar-refractivity contribution is -0.148. The van der Waals surface area contributed by atoms with Crippen LogP contribution in [0.2, 0.25) is 0 Å². The number of carbonyl (C=O) groups excluding carboxylic acids is 2. The van der Waals surface area contributed by atoms with Crippen molar-refractivity contribution in [3.8, 4) is 0 Å². The minimum Gasteiger partial charge on any atom is -0.451 e. The molecule has 0 saturated heterocycles. The lowest BCUT2D eigenvalue weighted by Gasteiger charge is -2.30. The molecule has 7 heteroatoms. The highest BCUT2D eigenvalue weighted by Crippen LogP contribution is 2.42. The van der Waals surface area contributed by atoms with Crippen molar-refractivity contribution < 1.29 is 27.5 Å². The van der Waals surface area contributed by atoms with E-state index in [2.05, 4.69) is 12.2 Å². The van der Waals surface area contributed by atoms with Crippen molar-refractivity contribution in [3.63, 3.8) is 0 Å². The minimum absolute atomic E-state index is 0.180. The van der Waals surface area contributed by atoms with E-state index in [1.165, 1.54) is 6.07 Å². The zero-order valence-electron chi connectivity index (χ0n) is 18.8. The molecule has 1 spiro atoms. The lowest BCUT2D eigenvalue weighted by Crippen LogP contribution is -2.40. The number of hydrogen-bond donors (Lipinski definition) is 1. The summed E-state index contributed by atoms with van der Waals surface area (Å²) in [5.41, 5.74) is -0.351. The number of esters is 1. The molecule has 2 aliphatic rings. The van der Waals surface area contributed by atoms with E-state index in [4.69, 9.17) is 4.74 Å². The number of nitrogens with one attached hydrogen (secondary N) is 1. The van der Waals surface area contributed by atoms with Crippen LogP contribution in [0.5, 0.6) is 0 Å². The Kier molecular flexibility index (Phi) is 7.67. The van der Waals surface area contributed by atoms with Gasteiger partial charge in [0.15, 0.2) is 0 Å². The van der Waals surface area contributed by atoms with Gasteiger partial charge in [0.2, 0.25) is 0 Å². The third kappa shape index (κ3) is 5.54. The van der Waals surface area contributed by atoms with Crippen LogP contribution < -0.4 is 5.32 Å². The molecule has 1 N–H and O–H groups in total. The van der Waals surface area contributed by atoms with Crippen LogP contribution >= 0.6 is 0 Å². The van der Waals surface area contributed by atoms with Crippen molar-refractivity contribution in [1.29, 1.82) is 0 Å². The number of carbonyl (C=O) groups is 2. The molecule has 1 fully saturated rings. The third-order valence-corrected chi connectivity index (χ3v) is 6.82. The predicted octanol–water partition coefficient (Wildman–Crippen LogP) is 5.75. The maximum absolute atomic E-state index is 13.1. The van der Waals surface area contributed by atoms with Crippen LogP contribution in [0.25, 0.3) is 0 Å². The molecule has 2 atom stereocenters. The molecule has 0 bridgehead atoms. The molecule has 1 amide bonds. The topological polar surface area (TPSA) is 55.4 Å². The van der Waals surface area contributed by atoms with Gasteiger partial charge in [-0.2, -0.15) is 13.2 Å². The van der Waals surface area contributed by atoms with Crippen LogP contribution in [0.3, 0.4) is 0 Å². The summed E-state index contributed by atoms with van der Waals surface area (Å²) in [4.78, 5) is 25.5. The molecule has 3 rings (SSSR count). The first kappa shape index (κ1) is 24.3. The Morgan fingerprint density at radius 3 is 2.62 bits per heavy atom. The summed E-state index contributed by atoms with van der Waals surface area (Å²) < 4.78 is 44.6. The van der Waals surface area contributed by atoms with Gasteiger partial charge < -0.3 is 10.1 Å². The fraction of sp³-hybridized carbons (Fsp3) is 0.600. The second-order valence-corrected chi connectivity index (χ2v) is 9.00. The van der Waals surface area contributed by atoms with E-state index < -0.39 is 23.3 Å². The summed E-state index contributed by atoms with van der Waals surface area (Å²) in [6, 6.07) is 5.11. The highest BCUT2D eigenvalue weighted by atomic mass is 19.4. The molecular formula is C25H32F3NO3. The molecule has 0 aromatic heterocycles. The van der Waals surface area contributed by atoms with Crippen molar-refractivity contribution in [2.24, 2.45) is 5.92 Å². The minimum atomic E-state index is -4.40. The van der Waals surface area contributed by atoms with Gasteiger partial charge in [0.1, 0.15) is 5.60 Å². The average Bonchev–Trinajstić information content (AvgIpc) is 3.04. The fourth-order valence-electron chi connectivity index (χ4n) is 4.99. The van der Waals surface area contributed by atoms with Gasteiger partial charge >= 0.3 is 12.1 Å². The molecule has 1 saturated carbocycles. The van der Waals surface area contributed by atoms with Crippen molar-refractivity contribution in [2.75, 3.05) is 6.54 Å². The number of rotatable bonds is 5. The maximum atomic E-state index is 13.1. The molecule has 2 unspecified atom stereocenters. The van der Waals surface area contributed by atoms with Gasteiger partial charge in [0.25, 0.3) is 5.91 Å². The molecule has 32 heavy (non-hydrogen) atoms. The van der Waals surface area contributed by atoms with E-state index in [0.717, 1.165) is 50.7 Å². The summed E-state index contributed by atoms with van der Waals surface area (Å²) >= 11 is 0. The smallest absolute Gasteiger partial charge is 0.416 e. The molecule has 1 aliphatic heterocycles. The van der Waals surface area contributed by atoms with Gasteiger partial charge in [-0.15, -0.1) is 0 Å². The molecular weight excluding hydrogens is 419 g/mol. The summed E-state index contributed by atoms with van der Waals surface area (Å²) in [6.07, 6.45) is 3.28. The van der Waals surface area contributed by atoms with Crippen LogP contribution in [0.15, 0.2) is 35.4 Å². The monoisotopic (exact) mass is 451 g/mol. The Bertz CT molecular complexity index is 877. The first-order chi connectivity index (χ1) is 15.2. The normalized spacial score (nSPS) is 24.7. The summed E-state index contributed by atoms with van der Waals surface area (Å²) in [7, 11) is 0. The average molecular weight is 452 g/mol. The van der Waals surface area contributed by atoms with E-state index >= 15 is 0 Å². The second-order valence-electron chi connectivity index (χ2n) is 9.00. The molecule has 4 nitrogen and oxygen atoms in total. The van der Waals surface area contributed by atoms with Crippen molar-refractivity contribution in [3.05, 3.63) is 46.5 Å². The number of alkyl halides is 3. The van der Waals surface area contributed by atoms with Gasteiger partial charge in [-0.25, -0.2) is 4.79 Å². The summed E-state index contributed by atoms with van der Waals surface area (Å²) in [6.45, 7) is 4.00. The largest absolute Gasteiger partial charge is 0.451 e. The molecule has 1 aromatic rings.